The van der Waals surface area contributed by atoms with Crippen LogP contribution >= 0.6 is 0 Å². The lowest BCUT2D eigenvalue weighted by Crippen LogP contribution is -2.47. The second-order valence-electron chi connectivity index (χ2n) is 8.25. The van der Waals surface area contributed by atoms with Gasteiger partial charge in [-0.3, -0.25) is 9.10 Å². The van der Waals surface area contributed by atoms with Gasteiger partial charge in [0.15, 0.2) is 6.61 Å². The molecule has 1 heterocycles. The Morgan fingerprint density at radius 1 is 1.03 bits per heavy atom. The van der Waals surface area contributed by atoms with Gasteiger partial charge in [0, 0.05) is 38.9 Å². The molecule has 3 rings (SSSR count). The second-order valence-corrected chi connectivity index (χ2v) is 12.2. The molecule has 34 heavy (non-hydrogen) atoms. The number of hydrogen-bond donors (Lipinski definition) is 1. The molecule has 0 radical (unpaired) electrons. The minimum atomic E-state index is -3.67. The topological polar surface area (TPSA) is 116 Å². The Kier molecular flexibility index (Phi) is 7.86. The minimum absolute atomic E-state index is 0.168. The third kappa shape index (κ3) is 6.26. The largest absolute Gasteiger partial charge is 0.484 e. The lowest BCUT2D eigenvalue weighted by Gasteiger charge is -2.32. The van der Waals surface area contributed by atoms with Gasteiger partial charge in [-0.1, -0.05) is 6.07 Å². The predicted octanol–water partition coefficient (Wildman–Crippen LogP) is 1.34. The van der Waals surface area contributed by atoms with Crippen molar-refractivity contribution in [1.82, 2.24) is 9.21 Å². The van der Waals surface area contributed by atoms with Gasteiger partial charge in [0.25, 0.3) is 5.91 Å². The van der Waals surface area contributed by atoms with Crippen molar-refractivity contribution in [3.8, 4) is 5.75 Å². The molecule has 1 N–H and O–H groups in total. The summed E-state index contributed by atoms with van der Waals surface area (Å²) in [5.74, 6) is -0.0628. The zero-order valence-corrected chi connectivity index (χ0v) is 21.3. The molecular weight excluding hydrogens is 480 g/mol. The Morgan fingerprint density at radius 2 is 1.65 bits per heavy atom. The number of piperazine rings is 1. The average Bonchev–Trinajstić information content (AvgIpc) is 2.78. The quantitative estimate of drug-likeness (QED) is 0.570. The van der Waals surface area contributed by atoms with Gasteiger partial charge in [-0.2, -0.15) is 4.31 Å². The van der Waals surface area contributed by atoms with Gasteiger partial charge < -0.3 is 15.0 Å². The van der Waals surface area contributed by atoms with Crippen molar-refractivity contribution >= 4 is 37.3 Å². The van der Waals surface area contributed by atoms with Crippen molar-refractivity contribution in [2.75, 3.05) is 62.8 Å². The Balaban J connectivity index is 1.63. The zero-order valence-electron chi connectivity index (χ0n) is 19.7. The molecule has 10 nitrogen and oxygen atoms in total. The fraction of sp³-hybridized carbons (Fsp3) is 0.409. The first kappa shape index (κ1) is 25.9. The summed E-state index contributed by atoms with van der Waals surface area (Å²) in [6.45, 7) is 3.59. The number of carbonyl (C=O) groups excluding carboxylic acids is 1. The summed E-state index contributed by atoms with van der Waals surface area (Å²) in [6, 6.07) is 11.1. The lowest BCUT2D eigenvalue weighted by molar-refractivity contribution is -0.118. The van der Waals surface area contributed by atoms with Crippen molar-refractivity contribution in [3.63, 3.8) is 0 Å². The number of ether oxygens (including phenoxy) is 1. The summed E-state index contributed by atoms with van der Waals surface area (Å²) in [5.41, 5.74) is 1.43. The SMILES string of the molecule is Cc1ccc(NC(=O)COc2ccc(N(C)S(C)(=O)=O)cc2)cc1S(=O)(=O)N1CCN(C)CC1. The van der Waals surface area contributed by atoms with Crippen LogP contribution in [-0.4, -0.2) is 85.1 Å². The normalized spacial score (nSPS) is 15.6. The smallest absolute Gasteiger partial charge is 0.262 e. The molecule has 1 saturated heterocycles. The maximum atomic E-state index is 13.1. The van der Waals surface area contributed by atoms with Gasteiger partial charge >= 0.3 is 0 Å². The Bertz CT molecular complexity index is 1240. The first-order chi connectivity index (χ1) is 15.9. The maximum Gasteiger partial charge on any atom is 0.262 e. The number of nitrogens with one attached hydrogen (secondary N) is 1. The van der Waals surface area contributed by atoms with Crippen LogP contribution in [0.25, 0.3) is 0 Å². The van der Waals surface area contributed by atoms with Crippen molar-refractivity contribution < 1.29 is 26.4 Å². The molecule has 0 saturated carbocycles. The van der Waals surface area contributed by atoms with Crippen LogP contribution in [0, 0.1) is 6.92 Å². The number of amides is 1. The molecule has 1 fully saturated rings. The van der Waals surface area contributed by atoms with Crippen LogP contribution in [0.2, 0.25) is 0 Å². The van der Waals surface area contributed by atoms with Crippen molar-refractivity contribution in [2.45, 2.75) is 11.8 Å². The molecule has 2 aromatic carbocycles. The monoisotopic (exact) mass is 510 g/mol. The molecule has 186 valence electrons. The fourth-order valence-corrected chi connectivity index (χ4v) is 5.59. The van der Waals surface area contributed by atoms with Crippen LogP contribution in [0.3, 0.4) is 0 Å². The van der Waals surface area contributed by atoms with Crippen LogP contribution in [0.5, 0.6) is 5.75 Å². The number of carbonyl (C=O) groups is 1. The second kappa shape index (κ2) is 10.3. The summed E-state index contributed by atoms with van der Waals surface area (Å²) in [4.78, 5) is 14.6. The standard InChI is InChI=1S/C22H30N4O6S2/c1-17-5-6-18(15-21(17)34(30,31)26-13-11-24(2)12-14-26)23-22(27)16-32-20-9-7-19(8-10-20)25(3)33(4,28)29/h5-10,15H,11-14,16H2,1-4H3,(H,23,27). The van der Waals surface area contributed by atoms with E-state index in [-0.39, 0.29) is 11.5 Å². The highest BCUT2D eigenvalue weighted by atomic mass is 32.2. The van der Waals surface area contributed by atoms with Gasteiger partial charge in [-0.15, -0.1) is 0 Å². The predicted molar refractivity (Wildman–Crippen MR) is 131 cm³/mol. The van der Waals surface area contributed by atoms with Crippen LogP contribution in [0.4, 0.5) is 11.4 Å². The number of anilines is 2. The van der Waals surface area contributed by atoms with E-state index in [2.05, 4.69) is 10.2 Å². The van der Waals surface area contributed by atoms with Crippen molar-refractivity contribution in [2.24, 2.45) is 0 Å². The molecule has 2 aromatic rings. The minimum Gasteiger partial charge on any atom is -0.484 e. The number of likely N-dealkylation sites (N-methyl/N-ethyl adjacent to an activating group) is 1. The molecule has 0 unspecified atom stereocenters. The van der Waals surface area contributed by atoms with E-state index < -0.39 is 26.0 Å². The number of rotatable bonds is 8. The lowest BCUT2D eigenvalue weighted by atomic mass is 10.2. The number of hydrogen-bond acceptors (Lipinski definition) is 7. The number of benzene rings is 2. The third-order valence-electron chi connectivity index (χ3n) is 5.62. The summed E-state index contributed by atoms with van der Waals surface area (Å²) in [7, 11) is -3.65. The molecule has 1 amide bonds. The fourth-order valence-electron chi connectivity index (χ4n) is 3.41. The molecule has 0 aromatic heterocycles. The first-order valence-corrected chi connectivity index (χ1v) is 13.9. The highest BCUT2D eigenvalue weighted by Gasteiger charge is 2.29. The molecular formula is C22H30N4O6S2. The van der Waals surface area contributed by atoms with Crippen LogP contribution in [-0.2, 0) is 24.8 Å². The van der Waals surface area contributed by atoms with Gasteiger partial charge in [0.1, 0.15) is 5.75 Å². The summed E-state index contributed by atoms with van der Waals surface area (Å²) in [6.07, 6.45) is 1.11. The summed E-state index contributed by atoms with van der Waals surface area (Å²) < 4.78 is 57.6. The average molecular weight is 511 g/mol. The van der Waals surface area contributed by atoms with E-state index in [0.29, 0.717) is 48.9 Å². The highest BCUT2D eigenvalue weighted by molar-refractivity contribution is 7.92. The molecule has 0 spiro atoms. The van der Waals surface area contributed by atoms with E-state index >= 15 is 0 Å². The van der Waals surface area contributed by atoms with Gasteiger partial charge in [0.05, 0.1) is 16.8 Å². The number of nitrogens with zero attached hydrogens (tertiary/aromatic N) is 3. The third-order valence-corrected chi connectivity index (χ3v) is 8.87. The van der Waals surface area contributed by atoms with E-state index in [1.54, 1.807) is 43.3 Å². The summed E-state index contributed by atoms with van der Waals surface area (Å²) >= 11 is 0. The van der Waals surface area contributed by atoms with Crippen LogP contribution in [0.1, 0.15) is 5.56 Å². The maximum absolute atomic E-state index is 13.1. The van der Waals surface area contributed by atoms with Gasteiger partial charge in [-0.25, -0.2) is 16.8 Å². The number of sulfonamides is 2. The van der Waals surface area contributed by atoms with Gasteiger partial charge in [-0.05, 0) is 55.9 Å². The summed E-state index contributed by atoms with van der Waals surface area (Å²) in [5, 5.41) is 2.67. The van der Waals surface area contributed by atoms with Crippen LogP contribution < -0.4 is 14.4 Å². The van der Waals surface area contributed by atoms with E-state index in [4.69, 9.17) is 4.74 Å². The van der Waals surface area contributed by atoms with E-state index in [0.717, 1.165) is 10.6 Å². The number of aryl methyl sites for hydroxylation is 1. The first-order valence-electron chi connectivity index (χ1n) is 10.6. The van der Waals surface area contributed by atoms with E-state index in [9.17, 15) is 21.6 Å². The van der Waals surface area contributed by atoms with Crippen molar-refractivity contribution in [3.05, 3.63) is 48.0 Å². The molecule has 1 aliphatic rings. The molecule has 0 atom stereocenters. The molecule has 1 aliphatic heterocycles. The van der Waals surface area contributed by atoms with E-state index in [1.165, 1.54) is 17.4 Å². The highest BCUT2D eigenvalue weighted by Crippen LogP contribution is 2.25. The molecule has 12 heteroatoms. The van der Waals surface area contributed by atoms with Gasteiger partial charge in [0.2, 0.25) is 20.0 Å². The van der Waals surface area contributed by atoms with Crippen molar-refractivity contribution in [1.29, 1.82) is 0 Å². The Labute approximate surface area is 201 Å². The van der Waals surface area contributed by atoms with Crippen LogP contribution in [0.15, 0.2) is 47.4 Å². The Hall–Kier alpha value is -2.67. The molecule has 0 bridgehead atoms. The Morgan fingerprint density at radius 3 is 2.24 bits per heavy atom. The van der Waals surface area contributed by atoms with E-state index in [1.807, 2.05) is 7.05 Å². The zero-order chi connectivity index (χ0) is 25.1. The molecule has 0 aliphatic carbocycles.